The summed E-state index contributed by atoms with van der Waals surface area (Å²) in [6.45, 7) is 22.8. The van der Waals surface area contributed by atoms with Crippen molar-refractivity contribution in [1.29, 1.82) is 0 Å². The Bertz CT molecular complexity index is 5450. The molecule has 9 aromatic rings. The van der Waals surface area contributed by atoms with Crippen LogP contribution in [0.3, 0.4) is 0 Å². The number of benzene rings is 6. The fourth-order valence-electron chi connectivity index (χ4n) is 16.0. The van der Waals surface area contributed by atoms with Gasteiger partial charge in [-0.3, -0.25) is 28.7 Å². The lowest BCUT2D eigenvalue weighted by atomic mass is 9.82. The molecule has 0 saturated carbocycles. The summed E-state index contributed by atoms with van der Waals surface area (Å²) >= 11 is 0. The van der Waals surface area contributed by atoms with Crippen molar-refractivity contribution < 1.29 is 119 Å². The van der Waals surface area contributed by atoms with Gasteiger partial charge in [-0.1, -0.05) is 42.5 Å². The molecule has 13 rings (SSSR count). The average Bonchev–Trinajstić information content (AvgIpc) is 1.23. The van der Waals surface area contributed by atoms with Crippen LogP contribution in [0, 0.1) is 34.9 Å². The molecule has 0 radical (unpaired) electrons. The number of methoxy groups -OCH3 is 1. The molecule has 7 heterocycles. The van der Waals surface area contributed by atoms with Gasteiger partial charge in [0.05, 0.1) is 88.3 Å². The molecule has 1 saturated heterocycles. The fraction of sp³-hybridized carbons (Fsp3) is 0.413. The number of halogens is 12. The average molecular weight is 1830 g/mol. The molecule has 0 bridgehead atoms. The van der Waals surface area contributed by atoms with Crippen LogP contribution in [0.2, 0.25) is 0 Å². The lowest BCUT2D eigenvalue weighted by Gasteiger charge is -2.44. The van der Waals surface area contributed by atoms with Crippen molar-refractivity contribution in [3.63, 3.8) is 0 Å². The summed E-state index contributed by atoms with van der Waals surface area (Å²) in [5, 5.41) is 57.5. The highest BCUT2D eigenvalue weighted by Gasteiger charge is 2.53. The number of carbonyl (C=O) groups excluding carboxylic acids is 1. The zero-order chi connectivity index (χ0) is 95.1. The van der Waals surface area contributed by atoms with Crippen molar-refractivity contribution in [2.45, 2.75) is 199 Å². The quantitative estimate of drug-likeness (QED) is 0.00841. The van der Waals surface area contributed by atoms with E-state index in [1.165, 1.54) is 52.5 Å². The second kappa shape index (κ2) is 40.7. The molecule has 0 aliphatic carbocycles. The summed E-state index contributed by atoms with van der Waals surface area (Å²) in [7, 11) is -5.19. The maximum absolute atomic E-state index is 15.5. The summed E-state index contributed by atoms with van der Waals surface area (Å²) < 4.78 is 224. The Hall–Kier alpha value is -10.8. The van der Waals surface area contributed by atoms with Gasteiger partial charge in [-0.15, -0.1) is 0 Å². The van der Waals surface area contributed by atoms with E-state index in [0.717, 1.165) is 131 Å². The number of nitrogens with zero attached hydrogens (tertiary/aromatic N) is 9. The minimum absolute atomic E-state index is 0.0108. The zero-order valence-electron chi connectivity index (χ0n) is 73.5. The SMILES string of the molecule is CC1(C)OB(c2cnn(CCO)c2)OC1(C)C.CC1Cc2cc(-c3cnn(CCO)c3)ccc2C(c2c(F)cc(/C=C/C(=O)O)cc2F)N1CC(C)(C)F.COC(=O)/C=C/c1cc(F)c(C2c3ccc(OS(=O)(=O)C(F)(F)F)cc3CC(C)N2CC(C)(C)F)c(F)c1.C[C@H]1Cc2cc(-c3cnn(CCO)c3)ccc2C(c2c(F)cc(/C=C/C(=O)O)cc2F)N1CC(C)(C)F. The van der Waals surface area contributed by atoms with Crippen LogP contribution in [0.15, 0.2) is 146 Å². The Labute approximate surface area is 740 Å². The van der Waals surface area contributed by atoms with Crippen molar-refractivity contribution in [2.24, 2.45) is 0 Å². The summed E-state index contributed by atoms with van der Waals surface area (Å²) in [5.74, 6) is -9.16. The summed E-state index contributed by atoms with van der Waals surface area (Å²) in [6, 6.07) is 16.8. The second-order valence-corrected chi connectivity index (χ2v) is 36.4. The van der Waals surface area contributed by atoms with Crippen molar-refractivity contribution in [3.8, 4) is 28.0 Å². The number of hydrogen-bond acceptors (Lipinski definition) is 18. The Morgan fingerprint density at radius 3 is 1.12 bits per heavy atom. The summed E-state index contributed by atoms with van der Waals surface area (Å²) in [6.07, 6.45) is 17.8. The van der Waals surface area contributed by atoms with Gasteiger partial charge >= 0.3 is 40.7 Å². The van der Waals surface area contributed by atoms with Crippen LogP contribution in [0.1, 0.15) is 175 Å². The van der Waals surface area contributed by atoms with Crippen LogP contribution in [0.4, 0.5) is 52.7 Å². The van der Waals surface area contributed by atoms with Gasteiger partial charge in [-0.05, 0) is 237 Å². The van der Waals surface area contributed by atoms with E-state index < -0.39 is 121 Å². The molecule has 4 aliphatic rings. The van der Waals surface area contributed by atoms with E-state index in [9.17, 15) is 49.1 Å². The molecule has 4 aliphatic heterocycles. The molecule has 6 atom stereocenters. The third-order valence-electron chi connectivity index (χ3n) is 22.4. The van der Waals surface area contributed by atoms with Gasteiger partial charge in [0, 0.05) is 114 Å². The van der Waals surface area contributed by atoms with Crippen LogP contribution in [-0.2, 0) is 77.4 Å². The summed E-state index contributed by atoms with van der Waals surface area (Å²) in [4.78, 5) is 38.1. The molecular formula is C92H104BF12N9O14S. The number of rotatable bonds is 26. The third-order valence-corrected chi connectivity index (χ3v) is 23.3. The first kappa shape index (κ1) is 100. The standard InChI is InChI=1S/2C28H30F3N3O3.C25H25F6NO5S.C11H19BN2O3/c2*1-17-10-20-13-19(21-14-32-33(15-21)8-9-35)5-6-22(20)27(34(17)16-28(2,3)31)26-23(29)11-18(12-24(26)30)4-7-25(36)37;1-14-9-16-12-17(37-38(34,35)25(29,30)31)6-7-18(16)23(32(14)13-24(2,3)28)22-19(26)10-15(11-20(22)27)5-8-21(33)36-4;1-10(2)11(3,4)17-12(16-10)9-7-13-14(8-9)5-6-15/h2*4-7,11-15,17,27,35H,8-10,16H2,1-3H3,(H,36,37);5-8,10-12,14,23H,9,13H2,1-4H3;7-8,15H,5-6H2,1-4H3/b2*7-4+;8-5+;/t17-,27?;;;/m0.../s1. The highest BCUT2D eigenvalue weighted by atomic mass is 32.2. The van der Waals surface area contributed by atoms with E-state index in [4.69, 9.17) is 34.8 Å². The molecule has 129 heavy (non-hydrogen) atoms. The number of aliphatic carboxylic acids is 2. The van der Waals surface area contributed by atoms with E-state index in [2.05, 4.69) is 24.2 Å². The summed E-state index contributed by atoms with van der Waals surface area (Å²) in [5.41, 5.74) is -4.01. The fourth-order valence-corrected chi connectivity index (χ4v) is 16.4. The van der Waals surface area contributed by atoms with Gasteiger partial charge in [0.1, 0.15) is 57.7 Å². The Morgan fingerprint density at radius 1 is 0.481 bits per heavy atom. The predicted molar refractivity (Wildman–Crippen MR) is 461 cm³/mol. The Morgan fingerprint density at radius 2 is 0.798 bits per heavy atom. The van der Waals surface area contributed by atoms with E-state index >= 15 is 26.3 Å². The predicted octanol–water partition coefficient (Wildman–Crippen LogP) is 15.6. The number of aromatic nitrogens is 6. The Balaban J connectivity index is 0.000000184. The van der Waals surface area contributed by atoms with Crippen LogP contribution in [0.25, 0.3) is 40.5 Å². The largest absolute Gasteiger partial charge is 0.534 e. The molecule has 6 aromatic carbocycles. The lowest BCUT2D eigenvalue weighted by molar-refractivity contribution is -0.135. The molecule has 5 N–H and O–H groups in total. The Kier molecular flexibility index (Phi) is 31.7. The number of aliphatic hydroxyl groups is 3. The number of carbonyl (C=O) groups is 3. The minimum atomic E-state index is -5.94. The zero-order valence-corrected chi connectivity index (χ0v) is 74.3. The number of aliphatic hydroxyl groups excluding tert-OH is 3. The van der Waals surface area contributed by atoms with Crippen LogP contribution in [0.5, 0.6) is 5.75 Å². The monoisotopic (exact) mass is 1830 g/mol. The number of carboxylic acid groups (broad SMARTS) is 2. The van der Waals surface area contributed by atoms with Gasteiger partial charge in [-0.2, -0.15) is 36.9 Å². The van der Waals surface area contributed by atoms with Gasteiger partial charge in [0.15, 0.2) is 0 Å². The molecule has 0 amide bonds. The highest BCUT2D eigenvalue weighted by molar-refractivity contribution is 7.88. The maximum Gasteiger partial charge on any atom is 0.534 e. The van der Waals surface area contributed by atoms with Crippen LogP contribution >= 0.6 is 0 Å². The number of ether oxygens (including phenoxy) is 1. The van der Waals surface area contributed by atoms with Crippen molar-refractivity contribution in [1.82, 2.24) is 44.0 Å². The third kappa shape index (κ3) is 25.1. The number of esters is 1. The minimum Gasteiger partial charge on any atom is -0.478 e. The van der Waals surface area contributed by atoms with Gasteiger partial charge in [-0.25, -0.2) is 53.9 Å². The van der Waals surface area contributed by atoms with Crippen molar-refractivity contribution in [3.05, 3.63) is 248 Å². The molecule has 1 fully saturated rings. The van der Waals surface area contributed by atoms with E-state index in [1.807, 2.05) is 96.5 Å². The smallest absolute Gasteiger partial charge is 0.478 e. The second-order valence-electron chi connectivity index (χ2n) is 34.9. The molecule has 37 heteroatoms. The molecule has 3 aromatic heterocycles. The van der Waals surface area contributed by atoms with Crippen molar-refractivity contribution >= 4 is 58.8 Å². The normalized spacial score (nSPS) is 19.0. The number of alkyl halides is 6. The lowest BCUT2D eigenvalue weighted by Crippen LogP contribution is -2.48. The van der Waals surface area contributed by atoms with Crippen LogP contribution in [-0.4, -0.2) is 201 Å². The van der Waals surface area contributed by atoms with Crippen LogP contribution < -0.4 is 9.65 Å². The number of hydrogen-bond donors (Lipinski definition) is 5. The topological polar surface area (TPSA) is 287 Å². The van der Waals surface area contributed by atoms with E-state index in [-0.39, 0.29) is 115 Å². The van der Waals surface area contributed by atoms with Gasteiger partial charge in [0.2, 0.25) is 0 Å². The molecule has 694 valence electrons. The van der Waals surface area contributed by atoms with Gasteiger partial charge in [0.25, 0.3) is 0 Å². The van der Waals surface area contributed by atoms with Gasteiger partial charge < -0.3 is 43.8 Å². The molecule has 23 nitrogen and oxygen atoms in total. The molecule has 0 spiro atoms. The van der Waals surface area contributed by atoms with E-state index in [0.29, 0.717) is 43.6 Å². The first-order valence-electron chi connectivity index (χ1n) is 41.3. The maximum atomic E-state index is 15.5. The molecular weight excluding hydrogens is 1730 g/mol. The highest BCUT2D eigenvalue weighted by Crippen LogP contribution is 2.48. The number of carboxylic acids is 2. The van der Waals surface area contributed by atoms with Crippen molar-refractivity contribution in [2.75, 3.05) is 46.6 Å². The number of fused-ring (bicyclic) bond motifs is 3. The first-order valence-corrected chi connectivity index (χ1v) is 42.7. The molecule has 5 unspecified atom stereocenters. The van der Waals surface area contributed by atoms with E-state index in [1.54, 1.807) is 49.4 Å². The first-order chi connectivity index (χ1) is 60.2.